The van der Waals surface area contributed by atoms with Crippen molar-refractivity contribution in [1.82, 2.24) is 5.32 Å². The van der Waals surface area contributed by atoms with Gasteiger partial charge in [0.1, 0.15) is 5.92 Å². The molecular formula is C22H17BrClN3O4S. The molecule has 2 atom stereocenters. The number of halogens is 2. The molecule has 2 aromatic rings. The number of hydrogen-bond donors (Lipinski definition) is 2. The van der Waals surface area contributed by atoms with Crippen LogP contribution in [0.25, 0.3) is 0 Å². The number of nitrogens with one attached hydrogen (secondary N) is 2. The monoisotopic (exact) mass is 533 g/mol. The first-order valence-electron chi connectivity index (χ1n) is 9.31. The van der Waals surface area contributed by atoms with E-state index in [1.54, 1.807) is 48.5 Å². The molecule has 1 aliphatic rings. The Morgan fingerprint density at radius 2 is 2.03 bits per heavy atom. The normalized spacial score (nSPS) is 17.9. The Labute approximate surface area is 202 Å². The molecule has 0 saturated heterocycles. The molecule has 0 aromatic heterocycles. The standard InChI is InChI=1S/C22H17BrClN3O4S/c1-31-22(30)19-18(12-5-4-6-13(23)9-12)14(10-25)21(27-20(19)29)32-11-17(28)26-16-8-3-2-7-15(16)24/h2-9,18-19H,11H2,1H3,(H,26,28)(H,27,29)/t18-,19-/m1/s1. The molecule has 2 amide bonds. The topological polar surface area (TPSA) is 108 Å². The van der Waals surface area contributed by atoms with Gasteiger partial charge >= 0.3 is 5.97 Å². The third-order valence-electron chi connectivity index (χ3n) is 4.69. The summed E-state index contributed by atoms with van der Waals surface area (Å²) in [4.78, 5) is 37.6. The summed E-state index contributed by atoms with van der Waals surface area (Å²) >= 11 is 10.4. The number of allylic oxidation sites excluding steroid dienone is 1. The van der Waals surface area contributed by atoms with Gasteiger partial charge in [-0.1, -0.05) is 63.6 Å². The second-order valence-electron chi connectivity index (χ2n) is 6.69. The molecule has 2 aromatic carbocycles. The number of nitriles is 1. The third-order valence-corrected chi connectivity index (χ3v) is 6.53. The van der Waals surface area contributed by atoms with E-state index in [0.717, 1.165) is 16.2 Å². The van der Waals surface area contributed by atoms with Gasteiger partial charge in [-0.25, -0.2) is 0 Å². The summed E-state index contributed by atoms with van der Waals surface area (Å²) in [5.74, 6) is -3.88. The molecule has 10 heteroatoms. The fourth-order valence-corrected chi connectivity index (χ4v) is 4.71. The first kappa shape index (κ1) is 23.9. The first-order valence-corrected chi connectivity index (χ1v) is 11.5. The number of nitrogens with zero attached hydrogens (tertiary/aromatic N) is 1. The molecule has 0 fully saturated rings. The van der Waals surface area contributed by atoms with Gasteiger partial charge in [-0.2, -0.15) is 5.26 Å². The van der Waals surface area contributed by atoms with Gasteiger partial charge in [0.05, 0.1) is 40.2 Å². The van der Waals surface area contributed by atoms with E-state index in [-0.39, 0.29) is 22.3 Å². The van der Waals surface area contributed by atoms with Crippen LogP contribution in [-0.2, 0) is 19.1 Å². The number of benzene rings is 2. The molecule has 32 heavy (non-hydrogen) atoms. The second kappa shape index (κ2) is 10.7. The van der Waals surface area contributed by atoms with E-state index in [1.165, 1.54) is 7.11 Å². The van der Waals surface area contributed by atoms with E-state index in [0.29, 0.717) is 16.3 Å². The van der Waals surface area contributed by atoms with Crippen LogP contribution in [0.3, 0.4) is 0 Å². The van der Waals surface area contributed by atoms with Crippen molar-refractivity contribution in [3.8, 4) is 6.07 Å². The Bertz CT molecular complexity index is 1150. The third kappa shape index (κ3) is 5.33. The van der Waals surface area contributed by atoms with Gasteiger partial charge in [0.25, 0.3) is 0 Å². The summed E-state index contributed by atoms with van der Waals surface area (Å²) in [5.41, 5.74) is 1.23. The molecule has 0 aliphatic carbocycles. The van der Waals surface area contributed by atoms with Crippen molar-refractivity contribution in [2.24, 2.45) is 5.92 Å². The number of para-hydroxylation sites is 1. The van der Waals surface area contributed by atoms with Crippen LogP contribution < -0.4 is 10.6 Å². The quantitative estimate of drug-likeness (QED) is 0.425. The average molecular weight is 535 g/mol. The predicted octanol–water partition coefficient (Wildman–Crippen LogP) is 4.21. The second-order valence-corrected chi connectivity index (χ2v) is 9.00. The Hall–Kier alpha value is -2.80. The van der Waals surface area contributed by atoms with Crippen LogP contribution in [0.1, 0.15) is 11.5 Å². The predicted molar refractivity (Wildman–Crippen MR) is 126 cm³/mol. The molecule has 0 bridgehead atoms. The molecule has 2 N–H and O–H groups in total. The maximum atomic E-state index is 12.8. The van der Waals surface area contributed by atoms with Crippen molar-refractivity contribution in [2.45, 2.75) is 5.92 Å². The van der Waals surface area contributed by atoms with Crippen molar-refractivity contribution >= 4 is 62.8 Å². The number of thioether (sulfide) groups is 1. The molecule has 0 spiro atoms. The largest absolute Gasteiger partial charge is 0.468 e. The first-order chi connectivity index (χ1) is 15.3. The number of carbonyl (C=O) groups excluding carboxylic acids is 3. The van der Waals surface area contributed by atoms with Crippen LogP contribution in [0, 0.1) is 17.2 Å². The summed E-state index contributed by atoms with van der Waals surface area (Å²) in [7, 11) is 1.19. The van der Waals surface area contributed by atoms with Crippen LogP contribution in [0.4, 0.5) is 5.69 Å². The molecule has 7 nitrogen and oxygen atoms in total. The lowest BCUT2D eigenvalue weighted by Gasteiger charge is -2.31. The van der Waals surface area contributed by atoms with E-state index >= 15 is 0 Å². The molecule has 3 rings (SSSR count). The van der Waals surface area contributed by atoms with Crippen molar-refractivity contribution in [3.63, 3.8) is 0 Å². The van der Waals surface area contributed by atoms with Gasteiger partial charge in [-0.05, 0) is 29.8 Å². The summed E-state index contributed by atoms with van der Waals surface area (Å²) in [5, 5.41) is 15.8. The van der Waals surface area contributed by atoms with Crippen LogP contribution in [-0.4, -0.2) is 30.6 Å². The van der Waals surface area contributed by atoms with E-state index < -0.39 is 23.7 Å². The Morgan fingerprint density at radius 3 is 2.69 bits per heavy atom. The number of carbonyl (C=O) groups is 3. The maximum absolute atomic E-state index is 12.8. The Morgan fingerprint density at radius 1 is 1.28 bits per heavy atom. The lowest BCUT2D eigenvalue weighted by Crippen LogP contribution is -2.44. The van der Waals surface area contributed by atoms with Crippen LogP contribution in [0.2, 0.25) is 5.02 Å². The van der Waals surface area contributed by atoms with Crippen molar-refractivity contribution < 1.29 is 19.1 Å². The van der Waals surface area contributed by atoms with Gasteiger partial charge in [-0.3, -0.25) is 14.4 Å². The van der Waals surface area contributed by atoms with Crippen LogP contribution in [0.15, 0.2) is 63.6 Å². The van der Waals surface area contributed by atoms with Crippen molar-refractivity contribution in [3.05, 3.63) is 74.2 Å². The summed E-state index contributed by atoms with van der Waals surface area (Å²) < 4.78 is 5.55. The summed E-state index contributed by atoms with van der Waals surface area (Å²) in [6, 6.07) is 15.9. The van der Waals surface area contributed by atoms with Crippen molar-refractivity contribution in [1.29, 1.82) is 5.26 Å². The number of methoxy groups -OCH3 is 1. The zero-order valence-corrected chi connectivity index (χ0v) is 19.9. The van der Waals surface area contributed by atoms with E-state index in [1.807, 2.05) is 0 Å². The Balaban J connectivity index is 1.90. The van der Waals surface area contributed by atoms with Crippen LogP contribution >= 0.6 is 39.3 Å². The molecule has 1 heterocycles. The molecule has 0 radical (unpaired) electrons. The highest BCUT2D eigenvalue weighted by molar-refractivity contribution is 9.10. The van der Waals surface area contributed by atoms with E-state index in [4.69, 9.17) is 16.3 Å². The number of anilines is 1. The van der Waals surface area contributed by atoms with Gasteiger partial charge in [-0.15, -0.1) is 0 Å². The van der Waals surface area contributed by atoms with E-state index in [2.05, 4.69) is 32.6 Å². The highest BCUT2D eigenvalue weighted by Gasteiger charge is 2.44. The highest BCUT2D eigenvalue weighted by atomic mass is 79.9. The zero-order chi connectivity index (χ0) is 23.3. The van der Waals surface area contributed by atoms with Crippen molar-refractivity contribution in [2.75, 3.05) is 18.2 Å². The van der Waals surface area contributed by atoms with E-state index in [9.17, 15) is 19.6 Å². The molecule has 164 valence electrons. The zero-order valence-electron chi connectivity index (χ0n) is 16.7. The highest BCUT2D eigenvalue weighted by Crippen LogP contribution is 2.40. The molecule has 1 aliphatic heterocycles. The maximum Gasteiger partial charge on any atom is 0.319 e. The fourth-order valence-electron chi connectivity index (χ4n) is 3.27. The van der Waals surface area contributed by atoms with Gasteiger partial charge in [0.2, 0.25) is 11.8 Å². The number of esters is 1. The molecule has 0 unspecified atom stereocenters. The Kier molecular flexibility index (Phi) is 7.96. The summed E-state index contributed by atoms with van der Waals surface area (Å²) in [6.45, 7) is 0. The number of ether oxygens (including phenoxy) is 1. The van der Waals surface area contributed by atoms with Gasteiger partial charge in [0.15, 0.2) is 0 Å². The minimum Gasteiger partial charge on any atom is -0.468 e. The van der Waals surface area contributed by atoms with Gasteiger partial charge in [0, 0.05) is 10.4 Å². The number of amides is 2. The minimum absolute atomic E-state index is 0.0832. The smallest absolute Gasteiger partial charge is 0.319 e. The lowest BCUT2D eigenvalue weighted by atomic mass is 9.78. The minimum atomic E-state index is -1.23. The van der Waals surface area contributed by atoms with Gasteiger partial charge < -0.3 is 15.4 Å². The summed E-state index contributed by atoms with van der Waals surface area (Å²) in [6.07, 6.45) is 0. The average Bonchev–Trinajstić information content (AvgIpc) is 2.78. The lowest BCUT2D eigenvalue weighted by molar-refractivity contribution is -0.150. The fraction of sp³-hybridized carbons (Fsp3) is 0.182. The number of hydrogen-bond acceptors (Lipinski definition) is 6. The molecular weight excluding hydrogens is 518 g/mol. The number of rotatable bonds is 6. The SMILES string of the molecule is COC(=O)[C@H]1C(=O)NC(SCC(=O)Nc2ccccc2Cl)=C(C#N)[C@H]1c1cccc(Br)c1. The van der Waals surface area contributed by atoms with Crippen LogP contribution in [0.5, 0.6) is 0 Å². The molecule has 0 saturated carbocycles.